The van der Waals surface area contributed by atoms with Crippen molar-refractivity contribution >= 4 is 11.0 Å². The summed E-state index contributed by atoms with van der Waals surface area (Å²) in [5.74, 6) is 2.67. The van der Waals surface area contributed by atoms with Gasteiger partial charge >= 0.3 is 0 Å². The highest BCUT2D eigenvalue weighted by Gasteiger charge is 2.15. The summed E-state index contributed by atoms with van der Waals surface area (Å²) < 4.78 is 7.66. The molecule has 2 aromatic heterocycles. The SMILES string of the molecule is Cc1ccc(C(N)Cc2nc3ccccc3n2C)o1. The van der Waals surface area contributed by atoms with Crippen molar-refractivity contribution < 1.29 is 4.42 Å². The van der Waals surface area contributed by atoms with E-state index in [4.69, 9.17) is 10.2 Å². The molecular formula is C15H17N3O. The molecule has 0 amide bonds. The normalized spacial score (nSPS) is 13.0. The molecule has 0 saturated carbocycles. The van der Waals surface area contributed by atoms with Gasteiger partial charge in [0, 0.05) is 13.5 Å². The summed E-state index contributed by atoms with van der Waals surface area (Å²) >= 11 is 0. The van der Waals surface area contributed by atoms with Crippen LogP contribution in [-0.2, 0) is 13.5 Å². The number of nitrogens with zero attached hydrogens (tertiary/aromatic N) is 2. The van der Waals surface area contributed by atoms with Gasteiger partial charge in [-0.3, -0.25) is 0 Å². The van der Waals surface area contributed by atoms with Crippen molar-refractivity contribution in [2.24, 2.45) is 12.8 Å². The largest absolute Gasteiger partial charge is 0.465 e. The lowest BCUT2D eigenvalue weighted by Crippen LogP contribution is -2.15. The maximum atomic E-state index is 6.18. The van der Waals surface area contributed by atoms with Crippen LogP contribution in [0, 0.1) is 6.92 Å². The second-order valence-electron chi connectivity index (χ2n) is 4.83. The molecule has 3 aromatic rings. The van der Waals surface area contributed by atoms with Crippen LogP contribution in [0.25, 0.3) is 11.0 Å². The van der Waals surface area contributed by atoms with Crippen LogP contribution in [0.2, 0.25) is 0 Å². The smallest absolute Gasteiger partial charge is 0.121 e. The van der Waals surface area contributed by atoms with E-state index in [1.807, 2.05) is 44.3 Å². The number of imidazole rings is 1. The highest BCUT2D eigenvalue weighted by Crippen LogP contribution is 2.21. The molecular weight excluding hydrogens is 238 g/mol. The summed E-state index contributed by atoms with van der Waals surface area (Å²) in [6, 6.07) is 11.8. The minimum absolute atomic E-state index is 0.163. The zero-order chi connectivity index (χ0) is 13.4. The molecule has 0 aliphatic rings. The quantitative estimate of drug-likeness (QED) is 0.783. The zero-order valence-corrected chi connectivity index (χ0v) is 11.1. The Bertz CT molecular complexity index is 711. The topological polar surface area (TPSA) is 57.0 Å². The van der Waals surface area contributed by atoms with E-state index in [1.165, 1.54) is 0 Å². The molecule has 0 spiro atoms. The second-order valence-corrected chi connectivity index (χ2v) is 4.83. The van der Waals surface area contributed by atoms with Gasteiger partial charge in [-0.25, -0.2) is 4.98 Å². The number of benzene rings is 1. The fourth-order valence-electron chi connectivity index (χ4n) is 2.33. The third kappa shape index (κ3) is 2.15. The van der Waals surface area contributed by atoms with E-state index in [1.54, 1.807) is 0 Å². The first-order valence-electron chi connectivity index (χ1n) is 6.37. The Labute approximate surface area is 111 Å². The summed E-state index contributed by atoms with van der Waals surface area (Å²) in [4.78, 5) is 4.63. The van der Waals surface area contributed by atoms with Crippen molar-refractivity contribution in [1.29, 1.82) is 0 Å². The lowest BCUT2D eigenvalue weighted by molar-refractivity contribution is 0.440. The summed E-state index contributed by atoms with van der Waals surface area (Å²) in [5.41, 5.74) is 8.31. The van der Waals surface area contributed by atoms with Crippen LogP contribution in [0.15, 0.2) is 40.8 Å². The zero-order valence-electron chi connectivity index (χ0n) is 11.1. The van der Waals surface area contributed by atoms with E-state index in [-0.39, 0.29) is 6.04 Å². The van der Waals surface area contributed by atoms with Gasteiger partial charge in [0.1, 0.15) is 17.3 Å². The van der Waals surface area contributed by atoms with Crippen LogP contribution >= 0.6 is 0 Å². The lowest BCUT2D eigenvalue weighted by atomic mass is 10.1. The molecule has 19 heavy (non-hydrogen) atoms. The average Bonchev–Trinajstić information content (AvgIpc) is 2.96. The number of rotatable bonds is 3. The second kappa shape index (κ2) is 4.55. The van der Waals surface area contributed by atoms with Crippen LogP contribution in [0.5, 0.6) is 0 Å². The molecule has 98 valence electrons. The number of nitrogens with two attached hydrogens (primary N) is 1. The van der Waals surface area contributed by atoms with Crippen molar-refractivity contribution in [1.82, 2.24) is 9.55 Å². The molecule has 2 N–H and O–H groups in total. The van der Waals surface area contributed by atoms with Gasteiger partial charge in [-0.1, -0.05) is 12.1 Å². The van der Waals surface area contributed by atoms with Gasteiger partial charge in [0.2, 0.25) is 0 Å². The van der Waals surface area contributed by atoms with Crippen LogP contribution in [-0.4, -0.2) is 9.55 Å². The molecule has 0 aliphatic carbocycles. The predicted molar refractivity (Wildman–Crippen MR) is 74.8 cm³/mol. The molecule has 1 aromatic carbocycles. The summed E-state index contributed by atoms with van der Waals surface area (Å²) in [5, 5.41) is 0. The van der Waals surface area contributed by atoms with Crippen molar-refractivity contribution in [2.75, 3.05) is 0 Å². The third-order valence-electron chi connectivity index (χ3n) is 3.41. The van der Waals surface area contributed by atoms with E-state index >= 15 is 0 Å². The highest BCUT2D eigenvalue weighted by atomic mass is 16.3. The molecule has 0 aliphatic heterocycles. The first-order chi connectivity index (χ1) is 9.15. The molecule has 3 rings (SSSR count). The Kier molecular flexibility index (Phi) is 2.87. The van der Waals surface area contributed by atoms with E-state index in [2.05, 4.69) is 15.6 Å². The molecule has 1 atom stereocenters. The summed E-state index contributed by atoms with van der Waals surface area (Å²) in [6.07, 6.45) is 0.665. The third-order valence-corrected chi connectivity index (χ3v) is 3.41. The Morgan fingerprint density at radius 3 is 2.74 bits per heavy atom. The predicted octanol–water partition coefficient (Wildman–Crippen LogP) is 2.72. The molecule has 4 heteroatoms. The average molecular weight is 255 g/mol. The van der Waals surface area contributed by atoms with E-state index in [9.17, 15) is 0 Å². The molecule has 1 unspecified atom stereocenters. The van der Waals surface area contributed by atoms with Gasteiger partial charge < -0.3 is 14.7 Å². The van der Waals surface area contributed by atoms with Crippen molar-refractivity contribution in [3.8, 4) is 0 Å². The molecule has 0 bridgehead atoms. The fourth-order valence-corrected chi connectivity index (χ4v) is 2.33. The molecule has 0 saturated heterocycles. The standard InChI is InChI=1S/C15H17N3O/c1-10-7-8-14(19-10)11(16)9-15-17-12-5-3-4-6-13(12)18(15)2/h3-8,11H,9,16H2,1-2H3. The van der Waals surface area contributed by atoms with Gasteiger partial charge in [0.25, 0.3) is 0 Å². The minimum atomic E-state index is -0.163. The summed E-state index contributed by atoms with van der Waals surface area (Å²) in [7, 11) is 2.02. The Hall–Kier alpha value is -2.07. The molecule has 0 fully saturated rings. The molecule has 0 radical (unpaired) electrons. The van der Waals surface area contributed by atoms with Gasteiger partial charge in [-0.05, 0) is 31.2 Å². The van der Waals surface area contributed by atoms with Crippen LogP contribution < -0.4 is 5.73 Å². The number of hydrogen-bond acceptors (Lipinski definition) is 3. The molecule has 2 heterocycles. The van der Waals surface area contributed by atoms with Crippen molar-refractivity contribution in [3.63, 3.8) is 0 Å². The maximum Gasteiger partial charge on any atom is 0.121 e. The van der Waals surface area contributed by atoms with E-state index in [0.717, 1.165) is 28.4 Å². The summed E-state index contributed by atoms with van der Waals surface area (Å²) in [6.45, 7) is 1.92. The number of aryl methyl sites for hydroxylation is 2. The van der Waals surface area contributed by atoms with Gasteiger partial charge in [-0.15, -0.1) is 0 Å². The number of para-hydroxylation sites is 2. The fraction of sp³-hybridized carbons (Fsp3) is 0.267. The lowest BCUT2D eigenvalue weighted by Gasteiger charge is -2.08. The van der Waals surface area contributed by atoms with Crippen molar-refractivity contribution in [3.05, 3.63) is 53.7 Å². The number of aromatic nitrogens is 2. The number of hydrogen-bond donors (Lipinski definition) is 1. The Morgan fingerprint density at radius 2 is 2.05 bits per heavy atom. The Morgan fingerprint density at radius 1 is 1.26 bits per heavy atom. The molecule has 4 nitrogen and oxygen atoms in total. The van der Waals surface area contributed by atoms with Crippen LogP contribution in [0.3, 0.4) is 0 Å². The van der Waals surface area contributed by atoms with Gasteiger partial charge in [-0.2, -0.15) is 0 Å². The minimum Gasteiger partial charge on any atom is -0.465 e. The first-order valence-corrected chi connectivity index (χ1v) is 6.37. The van der Waals surface area contributed by atoms with E-state index < -0.39 is 0 Å². The Balaban J connectivity index is 1.91. The van der Waals surface area contributed by atoms with Crippen LogP contribution in [0.1, 0.15) is 23.4 Å². The number of furan rings is 1. The highest BCUT2D eigenvalue weighted by molar-refractivity contribution is 5.75. The van der Waals surface area contributed by atoms with Crippen molar-refractivity contribution in [2.45, 2.75) is 19.4 Å². The van der Waals surface area contributed by atoms with Gasteiger partial charge in [0.05, 0.1) is 17.1 Å². The monoisotopic (exact) mass is 255 g/mol. The van der Waals surface area contributed by atoms with Crippen LogP contribution in [0.4, 0.5) is 0 Å². The number of fused-ring (bicyclic) bond motifs is 1. The van der Waals surface area contributed by atoms with E-state index in [0.29, 0.717) is 6.42 Å². The first kappa shape index (κ1) is 12.0. The van der Waals surface area contributed by atoms with Gasteiger partial charge in [0.15, 0.2) is 0 Å². The maximum absolute atomic E-state index is 6.18.